The number of halogens is 1. The number of rotatable bonds is 2. The van der Waals surface area contributed by atoms with Gasteiger partial charge in [0.05, 0.1) is 0 Å². The third-order valence-corrected chi connectivity index (χ3v) is 5.28. The van der Waals surface area contributed by atoms with Gasteiger partial charge in [0.25, 0.3) is 0 Å². The summed E-state index contributed by atoms with van der Waals surface area (Å²) in [6.07, 6.45) is 0. The first-order valence-corrected chi connectivity index (χ1v) is 8.24. The minimum Gasteiger partial charge on any atom is -0.371 e. The number of aryl methyl sites for hydroxylation is 1. The van der Waals surface area contributed by atoms with Crippen molar-refractivity contribution in [1.82, 2.24) is 10.2 Å². The van der Waals surface area contributed by atoms with E-state index < -0.39 is 0 Å². The van der Waals surface area contributed by atoms with Crippen LogP contribution >= 0.6 is 15.9 Å². The molecule has 0 aliphatic carbocycles. The highest BCUT2D eigenvalue weighted by Crippen LogP contribution is 2.33. The van der Waals surface area contributed by atoms with Crippen LogP contribution in [-0.4, -0.2) is 51.2 Å². The first-order valence-electron chi connectivity index (χ1n) is 7.44. The van der Waals surface area contributed by atoms with Crippen molar-refractivity contribution < 1.29 is 0 Å². The Morgan fingerprint density at radius 1 is 1.20 bits per heavy atom. The lowest BCUT2D eigenvalue weighted by Crippen LogP contribution is -2.63. The van der Waals surface area contributed by atoms with Crippen molar-refractivity contribution in [3.8, 4) is 0 Å². The Hall–Kier alpha value is -0.580. The van der Waals surface area contributed by atoms with Crippen LogP contribution in [-0.2, 0) is 0 Å². The van der Waals surface area contributed by atoms with E-state index in [4.69, 9.17) is 0 Å². The lowest BCUT2D eigenvalue weighted by atomic mass is 9.79. The fourth-order valence-electron chi connectivity index (χ4n) is 4.08. The highest BCUT2D eigenvalue weighted by molar-refractivity contribution is 9.10. The molecule has 0 spiro atoms. The van der Waals surface area contributed by atoms with Crippen LogP contribution in [0.4, 0.5) is 5.69 Å². The van der Waals surface area contributed by atoms with Crippen molar-refractivity contribution in [3.05, 3.63) is 28.2 Å². The third kappa shape index (κ3) is 2.61. The lowest BCUT2D eigenvalue weighted by Gasteiger charge is -2.51. The van der Waals surface area contributed by atoms with Gasteiger partial charge < -0.3 is 15.1 Å². The van der Waals surface area contributed by atoms with Gasteiger partial charge in [0.15, 0.2) is 0 Å². The summed E-state index contributed by atoms with van der Waals surface area (Å²) < 4.78 is 1.17. The number of benzene rings is 1. The Morgan fingerprint density at radius 3 is 2.40 bits per heavy atom. The lowest BCUT2D eigenvalue weighted by molar-refractivity contribution is 0.0895. The van der Waals surface area contributed by atoms with Gasteiger partial charge in [-0.25, -0.2) is 0 Å². The zero-order valence-electron chi connectivity index (χ0n) is 12.6. The minimum atomic E-state index is 0.723. The summed E-state index contributed by atoms with van der Waals surface area (Å²) in [6, 6.07) is 7.37. The maximum absolute atomic E-state index is 3.61. The number of nitrogens with zero attached hydrogens (tertiary/aromatic N) is 2. The van der Waals surface area contributed by atoms with Crippen molar-refractivity contribution in [2.24, 2.45) is 11.8 Å². The standard InChI is InChI=1S/C16H24BrN3/c1-11-6-14(17)4-5-15(11)20-9-12-7-18-8-13(10-20)16(12)19(2)3/h4-6,12-13,16,18H,7-10H2,1-3H3. The highest BCUT2D eigenvalue weighted by atomic mass is 79.9. The van der Waals surface area contributed by atoms with Crippen LogP contribution in [0.1, 0.15) is 5.56 Å². The van der Waals surface area contributed by atoms with Crippen LogP contribution in [0.2, 0.25) is 0 Å². The molecule has 0 aromatic heterocycles. The van der Waals surface area contributed by atoms with E-state index in [1.807, 2.05) is 0 Å². The van der Waals surface area contributed by atoms with Gasteiger partial charge in [0.2, 0.25) is 0 Å². The quantitative estimate of drug-likeness (QED) is 0.893. The molecule has 2 fully saturated rings. The normalized spacial score (nSPS) is 29.9. The van der Waals surface area contributed by atoms with Crippen LogP contribution in [0.15, 0.2) is 22.7 Å². The molecule has 4 heteroatoms. The molecule has 2 bridgehead atoms. The highest BCUT2D eigenvalue weighted by Gasteiger charge is 2.40. The van der Waals surface area contributed by atoms with E-state index in [1.54, 1.807) is 0 Å². The minimum absolute atomic E-state index is 0.723. The molecule has 2 saturated heterocycles. The van der Waals surface area contributed by atoms with Gasteiger partial charge in [-0.15, -0.1) is 0 Å². The summed E-state index contributed by atoms with van der Waals surface area (Å²) in [4.78, 5) is 5.03. The Kier molecular flexibility index (Phi) is 4.07. The molecule has 3 nitrogen and oxygen atoms in total. The van der Waals surface area contributed by atoms with Crippen molar-refractivity contribution >= 4 is 21.6 Å². The average Bonchev–Trinajstić information content (AvgIpc) is 2.36. The summed E-state index contributed by atoms with van der Waals surface area (Å²) >= 11 is 3.56. The summed E-state index contributed by atoms with van der Waals surface area (Å²) in [6.45, 7) is 6.83. The van der Waals surface area contributed by atoms with Crippen molar-refractivity contribution in [2.75, 3.05) is 45.2 Å². The zero-order valence-corrected chi connectivity index (χ0v) is 14.2. The van der Waals surface area contributed by atoms with Gasteiger partial charge >= 0.3 is 0 Å². The second-order valence-electron chi connectivity index (χ2n) is 6.47. The van der Waals surface area contributed by atoms with E-state index in [0.29, 0.717) is 0 Å². The summed E-state index contributed by atoms with van der Waals surface area (Å²) in [7, 11) is 4.47. The average molecular weight is 338 g/mol. The van der Waals surface area contributed by atoms with Crippen LogP contribution in [0, 0.1) is 18.8 Å². The predicted octanol–water partition coefficient (Wildman–Crippen LogP) is 2.34. The van der Waals surface area contributed by atoms with Gasteiger partial charge in [-0.1, -0.05) is 15.9 Å². The first-order chi connectivity index (χ1) is 9.56. The van der Waals surface area contributed by atoms with Crippen LogP contribution < -0.4 is 10.2 Å². The molecular weight excluding hydrogens is 314 g/mol. The van der Waals surface area contributed by atoms with Crippen molar-refractivity contribution in [2.45, 2.75) is 13.0 Å². The molecule has 2 aliphatic heterocycles. The van der Waals surface area contributed by atoms with Crippen LogP contribution in [0.3, 0.4) is 0 Å². The summed E-state index contributed by atoms with van der Waals surface area (Å²) in [5.41, 5.74) is 2.77. The Balaban J connectivity index is 1.84. The molecule has 0 radical (unpaired) electrons. The van der Waals surface area contributed by atoms with Crippen LogP contribution in [0.25, 0.3) is 0 Å². The van der Waals surface area contributed by atoms with E-state index in [2.05, 4.69) is 70.3 Å². The monoisotopic (exact) mass is 337 g/mol. The number of hydrogen-bond donors (Lipinski definition) is 1. The molecule has 2 unspecified atom stereocenters. The van der Waals surface area contributed by atoms with E-state index in [-0.39, 0.29) is 0 Å². The number of anilines is 1. The molecule has 3 rings (SSSR count). The van der Waals surface area contributed by atoms with Gasteiger partial charge in [0, 0.05) is 54.2 Å². The molecule has 1 aromatic carbocycles. The van der Waals surface area contributed by atoms with Crippen molar-refractivity contribution in [3.63, 3.8) is 0 Å². The predicted molar refractivity (Wildman–Crippen MR) is 88.4 cm³/mol. The number of piperidine rings is 2. The molecule has 2 heterocycles. The maximum Gasteiger partial charge on any atom is 0.0396 e. The SMILES string of the molecule is Cc1cc(Br)ccc1N1CC2CNCC(C1)C2N(C)C. The Morgan fingerprint density at radius 2 is 1.85 bits per heavy atom. The fourth-order valence-corrected chi connectivity index (χ4v) is 4.56. The van der Waals surface area contributed by atoms with Crippen LogP contribution in [0.5, 0.6) is 0 Å². The summed E-state index contributed by atoms with van der Waals surface area (Å²) in [5, 5.41) is 3.61. The van der Waals surface area contributed by atoms with Gasteiger partial charge in [0.1, 0.15) is 0 Å². The maximum atomic E-state index is 3.61. The van der Waals surface area contributed by atoms with E-state index >= 15 is 0 Å². The number of nitrogens with one attached hydrogen (secondary N) is 1. The molecule has 0 amide bonds. The smallest absolute Gasteiger partial charge is 0.0396 e. The molecule has 1 aromatic rings. The second kappa shape index (κ2) is 5.66. The number of hydrogen-bond acceptors (Lipinski definition) is 3. The molecule has 1 N–H and O–H groups in total. The van der Waals surface area contributed by atoms with Gasteiger partial charge in [-0.2, -0.15) is 0 Å². The molecule has 20 heavy (non-hydrogen) atoms. The van der Waals surface area contributed by atoms with Gasteiger partial charge in [-0.3, -0.25) is 0 Å². The zero-order chi connectivity index (χ0) is 14.3. The molecule has 110 valence electrons. The second-order valence-corrected chi connectivity index (χ2v) is 7.38. The van der Waals surface area contributed by atoms with E-state index in [1.165, 1.54) is 15.7 Å². The first kappa shape index (κ1) is 14.4. The van der Waals surface area contributed by atoms with Gasteiger partial charge in [-0.05, 0) is 44.8 Å². The topological polar surface area (TPSA) is 18.5 Å². The molecule has 2 aliphatic rings. The molecular formula is C16H24BrN3. The van der Waals surface area contributed by atoms with E-state index in [9.17, 15) is 0 Å². The molecule has 0 saturated carbocycles. The van der Waals surface area contributed by atoms with E-state index in [0.717, 1.165) is 44.1 Å². The fraction of sp³-hybridized carbons (Fsp3) is 0.625. The summed E-state index contributed by atoms with van der Waals surface area (Å²) in [5.74, 6) is 1.45. The number of fused-ring (bicyclic) bond motifs is 2. The Bertz CT molecular complexity index is 475. The largest absolute Gasteiger partial charge is 0.371 e. The third-order valence-electron chi connectivity index (χ3n) is 4.78. The van der Waals surface area contributed by atoms with Crippen molar-refractivity contribution in [1.29, 1.82) is 0 Å². The Labute approximate surface area is 130 Å². The molecule has 2 atom stereocenters.